The molecular formula is C35H47NO10. The summed E-state index contributed by atoms with van der Waals surface area (Å²) in [6, 6.07) is 12.5. The zero-order chi connectivity index (χ0) is 35.3. The smallest absolute Gasteiger partial charge is 0.408 e. The molecule has 0 aliphatic heterocycles. The summed E-state index contributed by atoms with van der Waals surface area (Å²) in [5.74, 6) is -4.47. The molecule has 0 aliphatic carbocycles. The number of aliphatic carboxylic acids is 1. The SMILES string of the molecule is C[C@H](OC(=O)c1ccccc1)[C@@H](C)[C@](Cc1ccc(OC(=O)C(C)(C)C)c(OC(=O)C(C)(C)C)c1)(NC(=O)OC(C)(C)C)C(=O)O. The van der Waals surface area contributed by atoms with Gasteiger partial charge in [0.25, 0.3) is 0 Å². The maximum Gasteiger partial charge on any atom is 0.408 e. The van der Waals surface area contributed by atoms with Gasteiger partial charge in [0.2, 0.25) is 0 Å². The zero-order valence-electron chi connectivity index (χ0n) is 28.6. The number of rotatable bonds is 10. The molecule has 3 atom stereocenters. The van der Waals surface area contributed by atoms with Crippen molar-refractivity contribution in [1.29, 1.82) is 0 Å². The molecule has 252 valence electrons. The number of benzene rings is 2. The van der Waals surface area contributed by atoms with Crippen LogP contribution in [0.15, 0.2) is 48.5 Å². The molecule has 2 aromatic carbocycles. The van der Waals surface area contributed by atoms with Gasteiger partial charge in [0, 0.05) is 12.3 Å². The zero-order valence-corrected chi connectivity index (χ0v) is 28.6. The number of hydrogen-bond acceptors (Lipinski definition) is 9. The first-order valence-electron chi connectivity index (χ1n) is 15.0. The third kappa shape index (κ3) is 10.3. The molecule has 0 radical (unpaired) electrons. The van der Waals surface area contributed by atoms with Crippen molar-refractivity contribution in [3.05, 3.63) is 59.7 Å². The van der Waals surface area contributed by atoms with Gasteiger partial charge in [0.05, 0.1) is 16.4 Å². The molecule has 0 spiro atoms. The Kier molecular flexibility index (Phi) is 11.8. The maximum absolute atomic E-state index is 13.2. The average Bonchev–Trinajstić information content (AvgIpc) is 2.91. The number of alkyl carbamates (subject to hydrolysis) is 1. The molecule has 0 fully saturated rings. The van der Waals surface area contributed by atoms with Crippen LogP contribution in [0.1, 0.15) is 92.1 Å². The van der Waals surface area contributed by atoms with Crippen LogP contribution in [0, 0.1) is 16.7 Å². The lowest BCUT2D eigenvalue weighted by atomic mass is 9.77. The van der Waals surface area contributed by atoms with Gasteiger partial charge in [-0.25, -0.2) is 14.4 Å². The van der Waals surface area contributed by atoms with Gasteiger partial charge in [0.1, 0.15) is 11.7 Å². The Bertz CT molecular complexity index is 1430. The Morgan fingerprint density at radius 1 is 0.761 bits per heavy atom. The Balaban J connectivity index is 2.63. The highest BCUT2D eigenvalue weighted by Gasteiger charge is 2.49. The van der Waals surface area contributed by atoms with E-state index in [1.165, 1.54) is 32.0 Å². The molecule has 0 saturated carbocycles. The van der Waals surface area contributed by atoms with Crippen molar-refractivity contribution >= 4 is 30.0 Å². The Morgan fingerprint density at radius 2 is 1.28 bits per heavy atom. The fraction of sp³-hybridized carbons (Fsp3) is 0.514. The van der Waals surface area contributed by atoms with E-state index in [1.807, 2.05) is 0 Å². The summed E-state index contributed by atoms with van der Waals surface area (Å²) in [5, 5.41) is 13.3. The Labute approximate surface area is 270 Å². The van der Waals surface area contributed by atoms with Crippen molar-refractivity contribution < 1.29 is 48.0 Å². The first-order valence-corrected chi connectivity index (χ1v) is 15.0. The van der Waals surface area contributed by atoms with Gasteiger partial charge in [-0.15, -0.1) is 0 Å². The van der Waals surface area contributed by atoms with E-state index < -0.39 is 64.0 Å². The second kappa shape index (κ2) is 14.3. The average molecular weight is 642 g/mol. The summed E-state index contributed by atoms with van der Waals surface area (Å²) >= 11 is 0. The molecule has 2 aromatic rings. The van der Waals surface area contributed by atoms with Crippen LogP contribution in [-0.4, -0.2) is 52.3 Å². The predicted molar refractivity (Wildman–Crippen MR) is 171 cm³/mol. The molecule has 0 heterocycles. The van der Waals surface area contributed by atoms with Crippen LogP contribution in [0.25, 0.3) is 0 Å². The monoisotopic (exact) mass is 641 g/mol. The molecule has 2 rings (SSSR count). The van der Waals surface area contributed by atoms with Crippen LogP contribution in [-0.2, 0) is 30.3 Å². The van der Waals surface area contributed by atoms with Crippen LogP contribution in [0.5, 0.6) is 11.5 Å². The molecule has 11 nitrogen and oxygen atoms in total. The normalized spacial score (nSPS) is 14.6. The summed E-state index contributed by atoms with van der Waals surface area (Å²) in [7, 11) is 0. The lowest BCUT2D eigenvalue weighted by molar-refractivity contribution is -0.149. The van der Waals surface area contributed by atoms with Gasteiger partial charge < -0.3 is 29.4 Å². The minimum Gasteiger partial charge on any atom is -0.479 e. The molecule has 46 heavy (non-hydrogen) atoms. The molecule has 1 amide bonds. The standard InChI is InChI=1S/C35H47NO10/c1-21(22(2)43-27(37)24-15-13-12-14-16-24)35(28(38)39,36-31(42)46-34(9,10)11)20-23-17-18-25(44-29(40)32(3,4)5)26(19-23)45-30(41)33(6,7)8/h12-19,21-22H,20H2,1-11H3,(H,36,42)(H,38,39)/t21-,22+,35+/m1/s1. The number of ether oxygens (including phenoxy) is 4. The second-order valence-electron chi connectivity index (χ2n) is 14.4. The largest absolute Gasteiger partial charge is 0.479 e. The minimum absolute atomic E-state index is 0.0412. The van der Waals surface area contributed by atoms with E-state index in [1.54, 1.807) is 92.6 Å². The van der Waals surface area contributed by atoms with Crippen LogP contribution in [0.4, 0.5) is 4.79 Å². The topological polar surface area (TPSA) is 155 Å². The van der Waals surface area contributed by atoms with E-state index in [4.69, 9.17) is 18.9 Å². The Morgan fingerprint density at radius 3 is 1.76 bits per heavy atom. The summed E-state index contributed by atoms with van der Waals surface area (Å²) in [4.78, 5) is 64.8. The van der Waals surface area contributed by atoms with Crippen molar-refractivity contribution in [3.63, 3.8) is 0 Å². The highest BCUT2D eigenvalue weighted by atomic mass is 16.6. The fourth-order valence-corrected chi connectivity index (χ4v) is 4.10. The molecule has 0 saturated heterocycles. The van der Waals surface area contributed by atoms with Gasteiger partial charge in [-0.1, -0.05) is 31.2 Å². The summed E-state index contributed by atoms with van der Waals surface area (Å²) in [5.41, 5.74) is -4.25. The van der Waals surface area contributed by atoms with Crippen molar-refractivity contribution in [1.82, 2.24) is 5.32 Å². The number of carbonyl (C=O) groups excluding carboxylic acids is 4. The summed E-state index contributed by atoms with van der Waals surface area (Å²) in [6.45, 7) is 17.9. The molecule has 2 N–H and O–H groups in total. The fourth-order valence-electron chi connectivity index (χ4n) is 4.10. The summed E-state index contributed by atoms with van der Waals surface area (Å²) < 4.78 is 22.3. The van der Waals surface area contributed by atoms with E-state index in [-0.39, 0.29) is 23.5 Å². The quantitative estimate of drug-likeness (QED) is 0.221. The van der Waals surface area contributed by atoms with Gasteiger partial charge >= 0.3 is 30.0 Å². The Hall–Kier alpha value is -4.41. The van der Waals surface area contributed by atoms with Crippen LogP contribution >= 0.6 is 0 Å². The number of hydrogen-bond donors (Lipinski definition) is 2. The van der Waals surface area contributed by atoms with E-state index in [0.717, 1.165) is 0 Å². The molecule has 0 aliphatic rings. The lowest BCUT2D eigenvalue weighted by Gasteiger charge is -2.39. The molecule has 0 unspecified atom stereocenters. The van der Waals surface area contributed by atoms with Gasteiger partial charge in [0.15, 0.2) is 17.0 Å². The number of esters is 3. The van der Waals surface area contributed by atoms with Crippen LogP contribution < -0.4 is 14.8 Å². The third-order valence-electron chi connectivity index (χ3n) is 7.01. The number of carbonyl (C=O) groups is 5. The van der Waals surface area contributed by atoms with E-state index in [9.17, 15) is 29.1 Å². The first kappa shape index (κ1) is 37.8. The van der Waals surface area contributed by atoms with Crippen molar-refractivity contribution in [2.75, 3.05) is 0 Å². The molecule has 0 bridgehead atoms. The van der Waals surface area contributed by atoms with Gasteiger partial charge in [-0.2, -0.15) is 0 Å². The number of carboxylic acids is 1. The van der Waals surface area contributed by atoms with Gasteiger partial charge in [-0.3, -0.25) is 9.59 Å². The second-order valence-corrected chi connectivity index (χ2v) is 14.4. The highest BCUT2D eigenvalue weighted by molar-refractivity contribution is 5.90. The van der Waals surface area contributed by atoms with Crippen molar-refractivity contribution in [2.24, 2.45) is 16.7 Å². The minimum atomic E-state index is -2.09. The molecular weight excluding hydrogens is 594 g/mol. The van der Waals surface area contributed by atoms with Crippen LogP contribution in [0.2, 0.25) is 0 Å². The lowest BCUT2D eigenvalue weighted by Crippen LogP contribution is -2.63. The van der Waals surface area contributed by atoms with Crippen molar-refractivity contribution in [2.45, 2.75) is 99.8 Å². The number of carboxylic acid groups (broad SMARTS) is 1. The van der Waals surface area contributed by atoms with E-state index in [0.29, 0.717) is 5.56 Å². The highest BCUT2D eigenvalue weighted by Crippen LogP contribution is 2.36. The summed E-state index contributed by atoms with van der Waals surface area (Å²) in [6.07, 6.45) is -2.37. The third-order valence-corrected chi connectivity index (χ3v) is 7.01. The van der Waals surface area contributed by atoms with Gasteiger partial charge in [-0.05, 0) is 99.1 Å². The van der Waals surface area contributed by atoms with Crippen molar-refractivity contribution in [3.8, 4) is 11.5 Å². The van der Waals surface area contributed by atoms with E-state index >= 15 is 0 Å². The molecule has 0 aromatic heterocycles. The number of amides is 1. The number of nitrogens with one attached hydrogen (secondary N) is 1. The van der Waals surface area contributed by atoms with Crippen LogP contribution in [0.3, 0.4) is 0 Å². The molecule has 11 heteroatoms. The van der Waals surface area contributed by atoms with E-state index in [2.05, 4.69) is 5.32 Å². The maximum atomic E-state index is 13.2. The predicted octanol–water partition coefficient (Wildman–Crippen LogP) is 6.36. The first-order chi connectivity index (χ1) is 21.0.